The molecule has 0 fully saturated rings. The van der Waals surface area contributed by atoms with Gasteiger partial charge in [0.1, 0.15) is 0 Å². The molecule has 0 heterocycles. The van der Waals surface area contributed by atoms with Gasteiger partial charge >= 0.3 is 139 Å². The average molecular weight is 382 g/mol. The van der Waals surface area contributed by atoms with E-state index in [0.29, 0.717) is 12.8 Å². The number of hydrogen-bond donors (Lipinski definition) is 2. The molecule has 0 aliphatic carbocycles. The van der Waals surface area contributed by atoms with Crippen molar-refractivity contribution < 1.29 is 19.4 Å². The van der Waals surface area contributed by atoms with Crippen molar-refractivity contribution >= 4 is 43.8 Å². The van der Waals surface area contributed by atoms with Gasteiger partial charge in [-0.25, -0.2) is 0 Å². The molecule has 0 saturated carbocycles. The fourth-order valence-electron chi connectivity index (χ4n) is 1.71. The first-order chi connectivity index (χ1) is 9.62. The standard InChI is InChI=1S/C14H25NO4SSe/c1-6-9(12(17)21)11(16)10(7-8-20-5)15-13(18)19-14(2,3)4/h9-10H,6-8H2,1-5H3,(H,15,18)(H,17,21)/t9?,10-/m0/s1. The molecule has 21 heavy (non-hydrogen) atoms. The van der Waals surface area contributed by atoms with Crippen LogP contribution in [0.15, 0.2) is 0 Å². The van der Waals surface area contributed by atoms with E-state index in [4.69, 9.17) is 4.74 Å². The van der Waals surface area contributed by atoms with Gasteiger partial charge < -0.3 is 0 Å². The number of aliphatic hydroxyl groups excluding tert-OH is 1. The Hall–Kier alpha value is -0.521. The number of thioether (sulfide) groups is 1. The number of ketones is 1. The Kier molecular flexibility index (Phi) is 9.25. The fraction of sp³-hybridized carbons (Fsp3) is 0.786. The first-order valence-electron chi connectivity index (χ1n) is 6.87. The average Bonchev–Trinajstić information content (AvgIpc) is 2.32. The van der Waals surface area contributed by atoms with Crippen LogP contribution in [0.1, 0.15) is 40.5 Å². The van der Waals surface area contributed by atoms with Crippen molar-refractivity contribution in [3.05, 3.63) is 0 Å². The molecule has 0 aromatic heterocycles. The number of amides is 1. The molecule has 7 heteroatoms. The van der Waals surface area contributed by atoms with Crippen molar-refractivity contribution in [3.63, 3.8) is 0 Å². The van der Waals surface area contributed by atoms with Crippen LogP contribution in [0.2, 0.25) is 0 Å². The van der Waals surface area contributed by atoms with Crippen LogP contribution in [0.3, 0.4) is 0 Å². The number of aliphatic hydroxyl groups is 1. The number of hydrogen-bond acceptors (Lipinski definition) is 5. The molecule has 0 aliphatic heterocycles. The molecule has 0 radical (unpaired) electrons. The normalized spacial score (nSPS) is 14.1. The maximum atomic E-state index is 12.4. The van der Waals surface area contributed by atoms with Gasteiger partial charge in [0.15, 0.2) is 0 Å². The van der Waals surface area contributed by atoms with Gasteiger partial charge in [0.05, 0.1) is 0 Å². The number of Topliss-reactive ketones (excluding diaryl/α,β-unsaturated/α-hetero) is 1. The van der Waals surface area contributed by atoms with E-state index in [1.54, 1.807) is 32.5 Å². The minimum atomic E-state index is -0.659. The molecule has 0 aromatic rings. The molecular formula is C14H25NO4SSe. The summed E-state index contributed by atoms with van der Waals surface area (Å²) in [6, 6.07) is -0.659. The van der Waals surface area contributed by atoms with Crippen LogP contribution in [-0.4, -0.2) is 60.8 Å². The van der Waals surface area contributed by atoms with Gasteiger partial charge in [-0.3, -0.25) is 0 Å². The second-order valence-corrected chi connectivity index (χ2v) is 7.54. The van der Waals surface area contributed by atoms with E-state index in [2.05, 4.69) is 20.9 Å². The molecule has 0 aromatic carbocycles. The van der Waals surface area contributed by atoms with Crippen molar-refractivity contribution in [2.75, 3.05) is 12.0 Å². The minimum absolute atomic E-state index is 0.0392. The zero-order chi connectivity index (χ0) is 16.6. The molecular weight excluding hydrogens is 357 g/mol. The van der Waals surface area contributed by atoms with E-state index >= 15 is 0 Å². The first-order valence-corrected chi connectivity index (χ1v) is 9.12. The molecule has 0 bridgehead atoms. The zero-order valence-corrected chi connectivity index (χ0v) is 15.8. The molecule has 2 atom stereocenters. The van der Waals surface area contributed by atoms with Gasteiger partial charge in [0.2, 0.25) is 0 Å². The van der Waals surface area contributed by atoms with Crippen LogP contribution in [0.5, 0.6) is 0 Å². The summed E-state index contributed by atoms with van der Waals surface area (Å²) in [5.41, 5.74) is -0.617. The molecule has 0 saturated heterocycles. The van der Waals surface area contributed by atoms with Crippen LogP contribution in [0.4, 0.5) is 4.79 Å². The summed E-state index contributed by atoms with van der Waals surface area (Å²) < 4.78 is 5.15. The fourth-order valence-corrected chi connectivity index (χ4v) is 2.78. The quantitative estimate of drug-likeness (QED) is 0.627. The molecule has 2 N–H and O–H groups in total. The summed E-state index contributed by atoms with van der Waals surface area (Å²) in [6.07, 6.45) is 2.30. The molecule has 0 aliphatic rings. The maximum absolute atomic E-state index is 12.4. The molecule has 122 valence electrons. The predicted molar refractivity (Wildman–Crippen MR) is 87.6 cm³/mol. The van der Waals surface area contributed by atoms with Crippen molar-refractivity contribution in [1.82, 2.24) is 5.32 Å². The zero-order valence-electron chi connectivity index (χ0n) is 13.3. The van der Waals surface area contributed by atoms with Gasteiger partial charge in [-0.05, 0) is 0 Å². The number of ether oxygens (including phenoxy) is 1. The topological polar surface area (TPSA) is 75.6 Å². The first kappa shape index (κ1) is 20.5. The number of carbonyl (C=O) groups excluding carboxylic acids is 2. The van der Waals surface area contributed by atoms with Crippen molar-refractivity contribution in [2.45, 2.75) is 52.2 Å². The Balaban J connectivity index is 4.90. The van der Waals surface area contributed by atoms with Crippen LogP contribution < -0.4 is 5.32 Å². The van der Waals surface area contributed by atoms with E-state index < -0.39 is 23.7 Å². The molecule has 5 nitrogen and oxygen atoms in total. The van der Waals surface area contributed by atoms with E-state index in [0.717, 1.165) is 5.75 Å². The second-order valence-electron chi connectivity index (χ2n) is 5.68. The van der Waals surface area contributed by atoms with Gasteiger partial charge in [0, 0.05) is 0 Å². The molecule has 1 unspecified atom stereocenters. The Morgan fingerprint density at radius 1 is 1.38 bits per heavy atom. The van der Waals surface area contributed by atoms with Crippen LogP contribution >= 0.6 is 11.8 Å². The van der Waals surface area contributed by atoms with Crippen molar-refractivity contribution in [1.29, 1.82) is 0 Å². The summed E-state index contributed by atoms with van der Waals surface area (Å²) in [4.78, 5) is 24.3. The third-order valence-corrected chi connectivity index (χ3v) is 3.94. The second kappa shape index (κ2) is 9.49. The third kappa shape index (κ3) is 8.49. The predicted octanol–water partition coefficient (Wildman–Crippen LogP) is 1.90. The van der Waals surface area contributed by atoms with Crippen molar-refractivity contribution in [3.8, 4) is 0 Å². The Labute approximate surface area is 138 Å². The number of alkyl carbamates (subject to hydrolysis) is 1. The molecule has 1 amide bonds. The molecule has 0 rings (SSSR count). The summed E-state index contributed by atoms with van der Waals surface area (Å²) in [6.45, 7) is 7.11. The monoisotopic (exact) mass is 383 g/mol. The third-order valence-electron chi connectivity index (χ3n) is 2.69. The summed E-state index contributed by atoms with van der Waals surface area (Å²) in [5, 5.41) is 12.2. The molecule has 0 spiro atoms. The van der Waals surface area contributed by atoms with E-state index in [-0.39, 0.29) is 10.4 Å². The van der Waals surface area contributed by atoms with Gasteiger partial charge in [-0.1, -0.05) is 0 Å². The Morgan fingerprint density at radius 3 is 2.33 bits per heavy atom. The summed E-state index contributed by atoms with van der Waals surface area (Å²) in [7, 11) is 0. The number of carbonyl (C=O) groups is 2. The number of rotatable bonds is 8. The Bertz CT molecular complexity index is 382. The van der Waals surface area contributed by atoms with Gasteiger partial charge in [-0.15, -0.1) is 0 Å². The summed E-state index contributed by atoms with van der Waals surface area (Å²) >= 11 is 4.07. The van der Waals surface area contributed by atoms with Crippen LogP contribution in [0, 0.1) is 5.92 Å². The van der Waals surface area contributed by atoms with Crippen LogP contribution in [0.25, 0.3) is 0 Å². The van der Waals surface area contributed by atoms with E-state index in [1.807, 2.05) is 13.2 Å². The van der Waals surface area contributed by atoms with Gasteiger partial charge in [-0.2, -0.15) is 0 Å². The van der Waals surface area contributed by atoms with E-state index in [9.17, 15) is 14.7 Å². The SMILES string of the molecule is CCC(C(=O)[C@H](CCSC)NC(=O)OC(C)(C)C)C(O)=[Se]. The van der Waals surface area contributed by atoms with E-state index in [1.165, 1.54) is 0 Å². The number of nitrogens with one attached hydrogen (secondary N) is 1. The van der Waals surface area contributed by atoms with Gasteiger partial charge in [0.25, 0.3) is 0 Å². The Morgan fingerprint density at radius 2 is 1.95 bits per heavy atom. The van der Waals surface area contributed by atoms with Crippen molar-refractivity contribution in [2.24, 2.45) is 5.92 Å². The van der Waals surface area contributed by atoms with Crippen LogP contribution in [-0.2, 0) is 9.53 Å². The summed E-state index contributed by atoms with van der Waals surface area (Å²) in [5.74, 6) is -0.0722.